The van der Waals surface area contributed by atoms with Crippen LogP contribution in [-0.4, -0.2) is 39.8 Å². The van der Waals surface area contributed by atoms with Gasteiger partial charge in [-0.25, -0.2) is 9.37 Å². The van der Waals surface area contributed by atoms with Crippen LogP contribution in [0.4, 0.5) is 10.2 Å². The fourth-order valence-corrected chi connectivity index (χ4v) is 2.13. The lowest BCUT2D eigenvalue weighted by molar-refractivity contribution is 0.141. The largest absolute Gasteiger partial charge is 0.461 e. The number of nitrogen functional groups attached to an aromatic ring is 1. The van der Waals surface area contributed by atoms with E-state index in [9.17, 15) is 4.39 Å². The predicted molar refractivity (Wildman–Crippen MR) is 82.6 cm³/mol. The van der Waals surface area contributed by atoms with Crippen molar-refractivity contribution in [3.8, 4) is 6.01 Å². The zero-order valence-electron chi connectivity index (χ0n) is 12.6. The Labute approximate surface area is 131 Å². The molecule has 0 saturated heterocycles. The van der Waals surface area contributed by atoms with Crippen LogP contribution in [0.5, 0.6) is 6.01 Å². The summed E-state index contributed by atoms with van der Waals surface area (Å²) in [5.74, 6) is -0.0232. The second-order valence-corrected chi connectivity index (χ2v) is 4.90. The summed E-state index contributed by atoms with van der Waals surface area (Å²) in [6.45, 7) is 1.24. The van der Waals surface area contributed by atoms with Gasteiger partial charge in [-0.3, -0.25) is 0 Å². The minimum Gasteiger partial charge on any atom is -0.461 e. The molecule has 0 atom stereocenters. The number of halogens is 1. The molecule has 7 nitrogen and oxygen atoms in total. The second-order valence-electron chi connectivity index (χ2n) is 4.90. The van der Waals surface area contributed by atoms with Crippen LogP contribution in [-0.2, 0) is 11.3 Å². The first-order valence-electron chi connectivity index (χ1n) is 7.02. The van der Waals surface area contributed by atoms with Gasteiger partial charge in [0.2, 0.25) is 0 Å². The molecule has 2 N–H and O–H groups in total. The number of fused-ring (bicyclic) bond motifs is 1. The van der Waals surface area contributed by atoms with Gasteiger partial charge < -0.3 is 19.8 Å². The van der Waals surface area contributed by atoms with Gasteiger partial charge in [0.1, 0.15) is 12.4 Å². The van der Waals surface area contributed by atoms with Crippen molar-refractivity contribution in [3.63, 3.8) is 0 Å². The van der Waals surface area contributed by atoms with Crippen LogP contribution < -0.4 is 10.5 Å². The third-order valence-electron chi connectivity index (χ3n) is 3.26. The highest BCUT2D eigenvalue weighted by molar-refractivity contribution is 5.81. The molecule has 2 aromatic heterocycles. The molecule has 0 saturated carbocycles. The molecular weight excluding hydrogens is 301 g/mol. The summed E-state index contributed by atoms with van der Waals surface area (Å²) in [5, 5.41) is 0. The molecule has 0 radical (unpaired) electrons. The first-order valence-corrected chi connectivity index (χ1v) is 7.02. The topological polar surface area (TPSA) is 88.1 Å². The molecule has 8 heteroatoms. The van der Waals surface area contributed by atoms with Crippen molar-refractivity contribution in [1.29, 1.82) is 0 Å². The van der Waals surface area contributed by atoms with Gasteiger partial charge >= 0.3 is 6.01 Å². The van der Waals surface area contributed by atoms with Crippen molar-refractivity contribution < 1.29 is 13.9 Å². The van der Waals surface area contributed by atoms with Crippen molar-refractivity contribution >= 4 is 17.0 Å². The highest BCUT2D eigenvalue weighted by Gasteiger charge is 2.12. The first-order chi connectivity index (χ1) is 11.2. The van der Waals surface area contributed by atoms with Gasteiger partial charge in [-0.05, 0) is 17.7 Å². The number of rotatable bonds is 6. The molecule has 0 aliphatic carbocycles. The molecular formula is C15H16FN5O2. The molecule has 3 rings (SSSR count). The van der Waals surface area contributed by atoms with E-state index in [4.69, 9.17) is 15.2 Å². The molecule has 2 heterocycles. The van der Waals surface area contributed by atoms with Gasteiger partial charge in [0.05, 0.1) is 19.5 Å². The summed E-state index contributed by atoms with van der Waals surface area (Å²) in [6, 6.07) is 6.42. The van der Waals surface area contributed by atoms with Crippen molar-refractivity contribution in [2.75, 3.05) is 26.1 Å². The Kier molecular flexibility index (Phi) is 4.33. The maximum Gasteiger partial charge on any atom is 0.320 e. The molecule has 0 amide bonds. The number of ether oxygens (including phenoxy) is 2. The Hall–Kier alpha value is -2.74. The predicted octanol–water partition coefficient (Wildman–Crippen LogP) is 1.62. The van der Waals surface area contributed by atoms with E-state index in [1.807, 2.05) is 4.57 Å². The van der Waals surface area contributed by atoms with E-state index in [2.05, 4.69) is 15.0 Å². The van der Waals surface area contributed by atoms with Gasteiger partial charge in [-0.15, -0.1) is 0 Å². The maximum absolute atomic E-state index is 13.0. The van der Waals surface area contributed by atoms with E-state index in [0.717, 1.165) is 5.56 Å². The summed E-state index contributed by atoms with van der Waals surface area (Å²) in [5.41, 5.74) is 7.89. The molecule has 1 aromatic carbocycles. The summed E-state index contributed by atoms with van der Waals surface area (Å²) in [7, 11) is 1.58. The van der Waals surface area contributed by atoms with Gasteiger partial charge in [0, 0.05) is 7.11 Å². The fraction of sp³-hybridized carbons (Fsp3) is 0.267. The quantitative estimate of drug-likeness (QED) is 0.695. The second kappa shape index (κ2) is 6.57. The Morgan fingerprint density at radius 2 is 1.96 bits per heavy atom. The Morgan fingerprint density at radius 3 is 2.70 bits per heavy atom. The third-order valence-corrected chi connectivity index (χ3v) is 3.26. The number of nitrogens with two attached hydrogens (primary N) is 1. The molecule has 0 unspecified atom stereocenters. The van der Waals surface area contributed by atoms with Crippen LogP contribution in [0.1, 0.15) is 5.56 Å². The van der Waals surface area contributed by atoms with Crippen molar-refractivity contribution in [1.82, 2.24) is 19.5 Å². The summed E-state index contributed by atoms with van der Waals surface area (Å²) in [4.78, 5) is 12.6. The van der Waals surface area contributed by atoms with Crippen LogP contribution in [0.3, 0.4) is 0 Å². The van der Waals surface area contributed by atoms with E-state index in [0.29, 0.717) is 30.9 Å². The van der Waals surface area contributed by atoms with Crippen LogP contribution in [0.15, 0.2) is 30.6 Å². The summed E-state index contributed by atoms with van der Waals surface area (Å²) >= 11 is 0. The fourth-order valence-electron chi connectivity index (χ4n) is 2.13. The van der Waals surface area contributed by atoms with Gasteiger partial charge in [0.25, 0.3) is 0 Å². The molecule has 0 aliphatic rings. The average molecular weight is 317 g/mol. The summed E-state index contributed by atoms with van der Waals surface area (Å²) in [6.07, 6.45) is 1.62. The highest BCUT2D eigenvalue weighted by Crippen LogP contribution is 2.20. The highest BCUT2D eigenvalue weighted by atomic mass is 19.1. The number of aromatic nitrogens is 4. The number of methoxy groups -OCH3 is 1. The zero-order valence-corrected chi connectivity index (χ0v) is 12.6. The van der Waals surface area contributed by atoms with Crippen LogP contribution >= 0.6 is 0 Å². The Balaban J connectivity index is 1.89. The summed E-state index contributed by atoms with van der Waals surface area (Å²) < 4.78 is 25.1. The van der Waals surface area contributed by atoms with Gasteiger partial charge in [-0.1, -0.05) is 12.1 Å². The molecule has 0 fully saturated rings. The Bertz CT molecular complexity index is 803. The van der Waals surface area contributed by atoms with E-state index in [-0.39, 0.29) is 17.6 Å². The standard InChI is InChI=1S/C15H16FN5O2/c1-22-6-7-23-15-19-13(17)12-14(20-15)21(9-18-12)8-10-2-4-11(16)5-3-10/h2-5,9H,6-8H2,1H3,(H2,17,19,20). The van der Waals surface area contributed by atoms with E-state index in [1.54, 1.807) is 25.6 Å². The third kappa shape index (κ3) is 3.37. The number of hydrogen-bond acceptors (Lipinski definition) is 6. The normalized spacial score (nSPS) is 11.0. The lowest BCUT2D eigenvalue weighted by Crippen LogP contribution is -2.09. The smallest absolute Gasteiger partial charge is 0.320 e. The lowest BCUT2D eigenvalue weighted by atomic mass is 10.2. The minimum absolute atomic E-state index is 0.174. The molecule has 23 heavy (non-hydrogen) atoms. The molecule has 0 spiro atoms. The zero-order chi connectivity index (χ0) is 16.2. The van der Waals surface area contributed by atoms with E-state index in [1.165, 1.54) is 12.1 Å². The SMILES string of the molecule is COCCOc1nc(N)c2ncn(Cc3ccc(F)cc3)c2n1. The monoisotopic (exact) mass is 317 g/mol. The number of benzene rings is 1. The number of anilines is 1. The average Bonchev–Trinajstić information content (AvgIpc) is 2.93. The van der Waals surface area contributed by atoms with E-state index >= 15 is 0 Å². The molecule has 0 aliphatic heterocycles. The maximum atomic E-state index is 13.0. The van der Waals surface area contributed by atoms with Crippen molar-refractivity contribution in [3.05, 3.63) is 42.0 Å². The van der Waals surface area contributed by atoms with Crippen LogP contribution in [0, 0.1) is 5.82 Å². The van der Waals surface area contributed by atoms with Crippen molar-refractivity contribution in [2.24, 2.45) is 0 Å². The number of imidazole rings is 1. The van der Waals surface area contributed by atoms with Gasteiger partial charge in [-0.2, -0.15) is 9.97 Å². The molecule has 120 valence electrons. The van der Waals surface area contributed by atoms with Gasteiger partial charge in [0.15, 0.2) is 17.0 Å². The van der Waals surface area contributed by atoms with Crippen molar-refractivity contribution in [2.45, 2.75) is 6.54 Å². The Morgan fingerprint density at radius 1 is 1.17 bits per heavy atom. The molecule has 3 aromatic rings. The van der Waals surface area contributed by atoms with E-state index < -0.39 is 0 Å². The minimum atomic E-state index is -0.273. The van der Waals surface area contributed by atoms with Crippen LogP contribution in [0.25, 0.3) is 11.2 Å². The lowest BCUT2D eigenvalue weighted by Gasteiger charge is -2.07. The molecule has 0 bridgehead atoms. The van der Waals surface area contributed by atoms with Crippen LogP contribution in [0.2, 0.25) is 0 Å². The first kappa shape index (κ1) is 15.2. The number of nitrogens with zero attached hydrogens (tertiary/aromatic N) is 4. The number of hydrogen-bond donors (Lipinski definition) is 1.